The summed E-state index contributed by atoms with van der Waals surface area (Å²) in [6.45, 7) is 0.713. The average molecular weight is 258 g/mol. The largest absolute Gasteiger partial charge is 0.481 e. The molecule has 0 aliphatic heterocycles. The molecule has 2 aromatic rings. The Hall–Kier alpha value is -1.91. The Morgan fingerprint density at radius 1 is 1.21 bits per heavy atom. The molecule has 0 amide bonds. The SMILES string of the molecule is COc1ccc(CN[C@H](CO)c2ccccc2)cn1. The van der Waals surface area contributed by atoms with Gasteiger partial charge in [-0.3, -0.25) is 0 Å². The van der Waals surface area contributed by atoms with Gasteiger partial charge in [-0.05, 0) is 11.1 Å². The lowest BCUT2D eigenvalue weighted by atomic mass is 10.1. The van der Waals surface area contributed by atoms with E-state index in [4.69, 9.17) is 4.74 Å². The van der Waals surface area contributed by atoms with Gasteiger partial charge in [0, 0.05) is 18.8 Å². The highest BCUT2D eigenvalue weighted by molar-refractivity contribution is 5.20. The molecular weight excluding hydrogens is 240 g/mol. The monoisotopic (exact) mass is 258 g/mol. The van der Waals surface area contributed by atoms with Crippen molar-refractivity contribution in [3.05, 3.63) is 59.8 Å². The summed E-state index contributed by atoms with van der Waals surface area (Å²) in [4.78, 5) is 4.15. The first-order chi connectivity index (χ1) is 9.33. The minimum Gasteiger partial charge on any atom is -0.481 e. The van der Waals surface area contributed by atoms with Crippen LogP contribution in [0, 0.1) is 0 Å². The lowest BCUT2D eigenvalue weighted by molar-refractivity contribution is 0.243. The molecule has 0 aliphatic carbocycles. The number of nitrogens with zero attached hydrogens (tertiary/aromatic N) is 1. The highest BCUT2D eigenvalue weighted by atomic mass is 16.5. The topological polar surface area (TPSA) is 54.4 Å². The number of hydrogen-bond donors (Lipinski definition) is 2. The Morgan fingerprint density at radius 2 is 2.00 bits per heavy atom. The number of aliphatic hydroxyl groups excluding tert-OH is 1. The molecule has 0 unspecified atom stereocenters. The van der Waals surface area contributed by atoms with Crippen molar-refractivity contribution >= 4 is 0 Å². The van der Waals surface area contributed by atoms with Crippen LogP contribution in [0.3, 0.4) is 0 Å². The Balaban J connectivity index is 1.96. The van der Waals surface area contributed by atoms with Crippen molar-refractivity contribution in [3.8, 4) is 5.88 Å². The number of hydrogen-bond acceptors (Lipinski definition) is 4. The van der Waals surface area contributed by atoms with Crippen molar-refractivity contribution in [2.24, 2.45) is 0 Å². The molecule has 1 aromatic heterocycles. The van der Waals surface area contributed by atoms with Gasteiger partial charge < -0.3 is 15.2 Å². The molecule has 0 radical (unpaired) electrons. The van der Waals surface area contributed by atoms with E-state index >= 15 is 0 Å². The zero-order valence-electron chi connectivity index (χ0n) is 10.9. The van der Waals surface area contributed by atoms with Gasteiger partial charge in [0.2, 0.25) is 5.88 Å². The van der Waals surface area contributed by atoms with E-state index in [2.05, 4.69) is 10.3 Å². The van der Waals surface area contributed by atoms with Crippen LogP contribution in [-0.2, 0) is 6.54 Å². The summed E-state index contributed by atoms with van der Waals surface area (Å²) in [5, 5.41) is 12.8. The van der Waals surface area contributed by atoms with Crippen molar-refractivity contribution in [3.63, 3.8) is 0 Å². The van der Waals surface area contributed by atoms with Crippen molar-refractivity contribution < 1.29 is 9.84 Å². The normalized spacial score (nSPS) is 12.1. The van der Waals surface area contributed by atoms with E-state index in [9.17, 15) is 5.11 Å². The van der Waals surface area contributed by atoms with Crippen LogP contribution < -0.4 is 10.1 Å². The second-order valence-corrected chi connectivity index (χ2v) is 4.24. The Morgan fingerprint density at radius 3 is 2.58 bits per heavy atom. The summed E-state index contributed by atoms with van der Waals surface area (Å²) in [6.07, 6.45) is 1.77. The first kappa shape index (κ1) is 13.5. The van der Waals surface area contributed by atoms with E-state index in [0.29, 0.717) is 12.4 Å². The molecule has 1 aromatic carbocycles. The third-order valence-corrected chi connectivity index (χ3v) is 2.94. The molecule has 0 bridgehead atoms. The number of aromatic nitrogens is 1. The van der Waals surface area contributed by atoms with Crippen molar-refractivity contribution in [1.29, 1.82) is 0 Å². The average Bonchev–Trinajstić information content (AvgIpc) is 2.49. The molecule has 0 fully saturated rings. The Kier molecular flexibility index (Phi) is 4.89. The van der Waals surface area contributed by atoms with Crippen LogP contribution in [0.5, 0.6) is 5.88 Å². The van der Waals surface area contributed by atoms with E-state index in [1.165, 1.54) is 0 Å². The molecule has 0 saturated heterocycles. The maximum atomic E-state index is 9.44. The molecule has 2 rings (SSSR count). The van der Waals surface area contributed by atoms with Crippen molar-refractivity contribution in [2.75, 3.05) is 13.7 Å². The van der Waals surface area contributed by atoms with Crippen molar-refractivity contribution in [2.45, 2.75) is 12.6 Å². The van der Waals surface area contributed by atoms with Gasteiger partial charge in [0.1, 0.15) is 0 Å². The molecule has 0 aliphatic rings. The zero-order chi connectivity index (χ0) is 13.5. The van der Waals surface area contributed by atoms with Crippen LogP contribution >= 0.6 is 0 Å². The summed E-state index contributed by atoms with van der Waals surface area (Å²) in [6, 6.07) is 13.6. The van der Waals surface area contributed by atoms with Gasteiger partial charge in [-0.25, -0.2) is 4.98 Å². The Bertz CT molecular complexity index is 485. The molecule has 2 N–H and O–H groups in total. The second kappa shape index (κ2) is 6.87. The summed E-state index contributed by atoms with van der Waals surface area (Å²) in [5.74, 6) is 0.602. The molecule has 1 heterocycles. The van der Waals surface area contributed by atoms with Gasteiger partial charge in [0.05, 0.1) is 19.8 Å². The van der Waals surface area contributed by atoms with E-state index in [1.54, 1.807) is 13.3 Å². The van der Waals surface area contributed by atoms with Crippen LogP contribution in [-0.4, -0.2) is 23.8 Å². The molecule has 0 saturated carbocycles. The quantitative estimate of drug-likeness (QED) is 0.831. The first-order valence-electron chi connectivity index (χ1n) is 6.21. The number of aliphatic hydroxyl groups is 1. The van der Waals surface area contributed by atoms with E-state index in [0.717, 1.165) is 11.1 Å². The van der Waals surface area contributed by atoms with E-state index in [-0.39, 0.29) is 12.6 Å². The first-order valence-corrected chi connectivity index (χ1v) is 6.21. The van der Waals surface area contributed by atoms with Gasteiger partial charge >= 0.3 is 0 Å². The third-order valence-electron chi connectivity index (χ3n) is 2.94. The summed E-state index contributed by atoms with van der Waals surface area (Å²) in [7, 11) is 1.59. The van der Waals surface area contributed by atoms with Crippen LogP contribution in [0.15, 0.2) is 48.7 Å². The standard InChI is InChI=1S/C15H18N2O2/c1-19-15-8-7-12(10-17-15)9-16-14(11-18)13-5-3-2-4-6-13/h2-8,10,14,16,18H,9,11H2,1H3/t14-/m1/s1. The van der Waals surface area contributed by atoms with Crippen LogP contribution in [0.1, 0.15) is 17.2 Å². The van der Waals surface area contributed by atoms with Gasteiger partial charge in [-0.15, -0.1) is 0 Å². The predicted molar refractivity (Wildman–Crippen MR) is 73.9 cm³/mol. The fourth-order valence-corrected chi connectivity index (χ4v) is 1.85. The smallest absolute Gasteiger partial charge is 0.212 e. The number of benzene rings is 1. The Labute approximate surface area is 113 Å². The number of rotatable bonds is 6. The van der Waals surface area contributed by atoms with Gasteiger partial charge in [0.15, 0.2) is 0 Å². The number of methoxy groups -OCH3 is 1. The minimum atomic E-state index is -0.0664. The minimum absolute atomic E-state index is 0.0631. The van der Waals surface area contributed by atoms with E-state index < -0.39 is 0 Å². The van der Waals surface area contributed by atoms with Gasteiger partial charge in [-0.2, -0.15) is 0 Å². The van der Waals surface area contributed by atoms with E-state index in [1.807, 2.05) is 42.5 Å². The molecule has 1 atom stereocenters. The fraction of sp³-hybridized carbons (Fsp3) is 0.267. The maximum absolute atomic E-state index is 9.44. The predicted octanol–water partition coefficient (Wildman–Crippen LogP) is 1.91. The molecule has 4 nitrogen and oxygen atoms in total. The fourth-order valence-electron chi connectivity index (χ4n) is 1.85. The summed E-state index contributed by atoms with van der Waals surface area (Å²) < 4.78 is 5.01. The zero-order valence-corrected chi connectivity index (χ0v) is 10.9. The summed E-state index contributed by atoms with van der Waals surface area (Å²) in [5.41, 5.74) is 2.13. The second-order valence-electron chi connectivity index (χ2n) is 4.24. The molecule has 0 spiro atoms. The molecule has 100 valence electrons. The van der Waals surface area contributed by atoms with Crippen LogP contribution in [0.25, 0.3) is 0 Å². The number of nitrogens with one attached hydrogen (secondary N) is 1. The lowest BCUT2D eigenvalue weighted by Gasteiger charge is -2.16. The maximum Gasteiger partial charge on any atom is 0.212 e. The third kappa shape index (κ3) is 3.77. The van der Waals surface area contributed by atoms with Gasteiger partial charge in [0.25, 0.3) is 0 Å². The highest BCUT2D eigenvalue weighted by Crippen LogP contribution is 2.13. The molecule has 19 heavy (non-hydrogen) atoms. The highest BCUT2D eigenvalue weighted by Gasteiger charge is 2.08. The van der Waals surface area contributed by atoms with Crippen molar-refractivity contribution in [1.82, 2.24) is 10.3 Å². The van der Waals surface area contributed by atoms with Crippen LogP contribution in [0.4, 0.5) is 0 Å². The van der Waals surface area contributed by atoms with Gasteiger partial charge in [-0.1, -0.05) is 36.4 Å². The number of ether oxygens (including phenoxy) is 1. The van der Waals surface area contributed by atoms with Crippen LogP contribution in [0.2, 0.25) is 0 Å². The molecular formula is C15H18N2O2. The molecule has 4 heteroatoms. The summed E-state index contributed by atoms with van der Waals surface area (Å²) >= 11 is 0. The lowest BCUT2D eigenvalue weighted by Crippen LogP contribution is -2.23. The number of pyridine rings is 1.